The second-order valence-corrected chi connectivity index (χ2v) is 6.88. The quantitative estimate of drug-likeness (QED) is 0.805. The van der Waals surface area contributed by atoms with Crippen molar-refractivity contribution in [3.05, 3.63) is 34.8 Å². The number of thiazole rings is 1. The summed E-state index contributed by atoms with van der Waals surface area (Å²) in [5, 5.41) is 2.88. The fourth-order valence-electron chi connectivity index (χ4n) is 2.69. The Morgan fingerprint density at radius 1 is 1.42 bits per heavy atom. The molecule has 0 bridgehead atoms. The largest absolute Gasteiger partial charge is 0.481 e. The summed E-state index contributed by atoms with van der Waals surface area (Å²) < 4.78 is 16.5. The van der Waals surface area contributed by atoms with Gasteiger partial charge in [0, 0.05) is 23.7 Å². The molecule has 6 nitrogen and oxygen atoms in total. The molecule has 1 aliphatic carbocycles. The summed E-state index contributed by atoms with van der Waals surface area (Å²) in [6.45, 7) is 2.55. The van der Waals surface area contributed by atoms with Gasteiger partial charge in [-0.1, -0.05) is 0 Å². The normalized spacial score (nSPS) is 16.7. The Balaban J connectivity index is 1.44. The fraction of sp³-hybridized carbons (Fsp3) is 0.412. The van der Waals surface area contributed by atoms with Crippen LogP contribution in [0.5, 0.6) is 17.2 Å². The lowest BCUT2D eigenvalue weighted by Crippen LogP contribution is -2.41. The molecule has 0 saturated heterocycles. The van der Waals surface area contributed by atoms with Gasteiger partial charge >= 0.3 is 0 Å². The third-order valence-corrected chi connectivity index (χ3v) is 4.83. The smallest absolute Gasteiger partial charge is 0.263 e. The molecule has 7 heteroatoms. The van der Waals surface area contributed by atoms with Crippen LogP contribution in [0.25, 0.3) is 0 Å². The van der Waals surface area contributed by atoms with Crippen LogP contribution in [-0.4, -0.2) is 34.7 Å². The molecule has 24 heavy (non-hydrogen) atoms. The highest BCUT2D eigenvalue weighted by molar-refractivity contribution is 7.09. The predicted octanol–water partition coefficient (Wildman–Crippen LogP) is 2.83. The molecule has 1 saturated carbocycles. The molecule has 0 spiro atoms. The summed E-state index contributed by atoms with van der Waals surface area (Å²) in [7, 11) is 0. The van der Waals surface area contributed by atoms with E-state index in [1.807, 2.05) is 10.3 Å². The van der Waals surface area contributed by atoms with E-state index in [0.717, 1.165) is 17.8 Å². The van der Waals surface area contributed by atoms with Gasteiger partial charge in [-0.2, -0.15) is 0 Å². The third-order valence-electron chi connectivity index (χ3n) is 4.06. The summed E-state index contributed by atoms with van der Waals surface area (Å²) in [6, 6.07) is 5.65. The number of carbonyl (C=O) groups excluding carboxylic acids is 1. The Kier molecular flexibility index (Phi) is 4.02. The van der Waals surface area contributed by atoms with E-state index in [4.69, 9.17) is 14.2 Å². The van der Waals surface area contributed by atoms with Crippen molar-refractivity contribution in [2.45, 2.75) is 38.5 Å². The summed E-state index contributed by atoms with van der Waals surface area (Å²) in [6.07, 6.45) is 3.30. The molecule has 2 aliphatic rings. The maximum Gasteiger partial charge on any atom is 0.263 e. The standard InChI is InChI=1S/C17H18N2O4S/c1-11(23-13-4-5-14-15(8-13)22-10-21-14)17(20)19(12-2-3-12)9-16-18-6-7-24-16/h4-8,11-12H,2-3,9-10H2,1H3. The number of fused-ring (bicyclic) bond motifs is 1. The van der Waals surface area contributed by atoms with Crippen molar-refractivity contribution in [3.63, 3.8) is 0 Å². The van der Waals surface area contributed by atoms with Gasteiger partial charge in [0.05, 0.1) is 6.54 Å². The topological polar surface area (TPSA) is 60.9 Å². The molecule has 1 unspecified atom stereocenters. The number of ether oxygens (including phenoxy) is 3. The van der Waals surface area contributed by atoms with Crippen LogP contribution >= 0.6 is 11.3 Å². The van der Waals surface area contributed by atoms with E-state index < -0.39 is 6.10 Å². The minimum atomic E-state index is -0.564. The number of rotatable bonds is 6. The number of benzene rings is 1. The van der Waals surface area contributed by atoms with Gasteiger partial charge in [-0.05, 0) is 31.9 Å². The van der Waals surface area contributed by atoms with Crippen molar-refractivity contribution in [2.24, 2.45) is 0 Å². The number of nitrogens with zero attached hydrogens (tertiary/aromatic N) is 2. The Bertz CT molecular complexity index is 730. The lowest BCUT2D eigenvalue weighted by molar-refractivity contribution is -0.139. The van der Waals surface area contributed by atoms with E-state index in [1.165, 1.54) is 0 Å². The third kappa shape index (κ3) is 3.17. The summed E-state index contributed by atoms with van der Waals surface area (Å²) in [5.41, 5.74) is 0. The predicted molar refractivity (Wildman–Crippen MR) is 88.3 cm³/mol. The van der Waals surface area contributed by atoms with Crippen molar-refractivity contribution in [1.29, 1.82) is 0 Å². The zero-order valence-electron chi connectivity index (χ0n) is 13.3. The zero-order valence-corrected chi connectivity index (χ0v) is 14.1. The number of hydrogen-bond donors (Lipinski definition) is 0. The van der Waals surface area contributed by atoms with Crippen LogP contribution < -0.4 is 14.2 Å². The molecule has 1 atom stereocenters. The van der Waals surface area contributed by atoms with E-state index in [1.54, 1.807) is 42.7 Å². The highest BCUT2D eigenvalue weighted by atomic mass is 32.1. The Morgan fingerprint density at radius 2 is 2.25 bits per heavy atom. The molecule has 2 heterocycles. The van der Waals surface area contributed by atoms with E-state index in [2.05, 4.69) is 4.98 Å². The lowest BCUT2D eigenvalue weighted by Gasteiger charge is -2.25. The van der Waals surface area contributed by atoms with Gasteiger partial charge in [0.1, 0.15) is 10.8 Å². The molecule has 0 radical (unpaired) electrons. The molecular weight excluding hydrogens is 328 g/mol. The van der Waals surface area contributed by atoms with Crippen LogP contribution in [0.2, 0.25) is 0 Å². The van der Waals surface area contributed by atoms with E-state index in [9.17, 15) is 4.79 Å². The molecular formula is C17H18N2O4S. The van der Waals surface area contributed by atoms with E-state index in [0.29, 0.717) is 29.8 Å². The molecule has 0 N–H and O–H groups in total. The summed E-state index contributed by atoms with van der Waals surface area (Å²) in [5.74, 6) is 1.94. The van der Waals surface area contributed by atoms with Crippen LogP contribution in [0.3, 0.4) is 0 Å². The molecule has 1 amide bonds. The maximum absolute atomic E-state index is 12.8. The van der Waals surface area contributed by atoms with E-state index in [-0.39, 0.29) is 12.7 Å². The highest BCUT2D eigenvalue weighted by Gasteiger charge is 2.35. The Hall–Kier alpha value is -2.28. The van der Waals surface area contributed by atoms with E-state index >= 15 is 0 Å². The van der Waals surface area contributed by atoms with Gasteiger partial charge in [-0.15, -0.1) is 11.3 Å². The van der Waals surface area contributed by atoms with Crippen molar-refractivity contribution >= 4 is 17.2 Å². The molecule has 2 aromatic rings. The fourth-order valence-corrected chi connectivity index (χ4v) is 3.30. The van der Waals surface area contributed by atoms with Crippen molar-refractivity contribution in [1.82, 2.24) is 9.88 Å². The Labute approximate surface area is 144 Å². The first-order chi connectivity index (χ1) is 11.7. The molecule has 1 aromatic heterocycles. The first-order valence-electron chi connectivity index (χ1n) is 7.96. The van der Waals surface area contributed by atoms with Gasteiger partial charge in [0.25, 0.3) is 5.91 Å². The average Bonchev–Trinajstić information content (AvgIpc) is 3.09. The van der Waals surface area contributed by atoms with Gasteiger partial charge in [-0.25, -0.2) is 4.98 Å². The molecule has 1 aromatic carbocycles. The monoisotopic (exact) mass is 346 g/mol. The Morgan fingerprint density at radius 3 is 3.00 bits per heavy atom. The van der Waals surface area contributed by atoms with Crippen molar-refractivity contribution < 1.29 is 19.0 Å². The second kappa shape index (κ2) is 6.32. The second-order valence-electron chi connectivity index (χ2n) is 5.90. The van der Waals surface area contributed by atoms with Crippen LogP contribution in [0.15, 0.2) is 29.8 Å². The van der Waals surface area contributed by atoms with Crippen LogP contribution in [0.4, 0.5) is 0 Å². The first-order valence-corrected chi connectivity index (χ1v) is 8.84. The number of carbonyl (C=O) groups is 1. The minimum Gasteiger partial charge on any atom is -0.481 e. The van der Waals surface area contributed by atoms with Gasteiger partial charge in [0.15, 0.2) is 17.6 Å². The maximum atomic E-state index is 12.8. The lowest BCUT2D eigenvalue weighted by atomic mass is 10.2. The van der Waals surface area contributed by atoms with Gasteiger partial charge in [-0.3, -0.25) is 4.79 Å². The number of hydrogen-bond acceptors (Lipinski definition) is 6. The highest BCUT2D eigenvalue weighted by Crippen LogP contribution is 2.36. The molecule has 1 aliphatic heterocycles. The minimum absolute atomic E-state index is 0.00892. The SMILES string of the molecule is CC(Oc1ccc2c(c1)OCO2)C(=O)N(Cc1nccs1)C1CC1. The van der Waals surface area contributed by atoms with Crippen LogP contribution in [-0.2, 0) is 11.3 Å². The van der Waals surface area contributed by atoms with Crippen molar-refractivity contribution in [3.8, 4) is 17.2 Å². The van der Waals surface area contributed by atoms with Gasteiger partial charge < -0.3 is 19.1 Å². The summed E-state index contributed by atoms with van der Waals surface area (Å²) >= 11 is 1.57. The van der Waals surface area contributed by atoms with Crippen LogP contribution in [0, 0.1) is 0 Å². The molecule has 4 rings (SSSR count). The van der Waals surface area contributed by atoms with Crippen LogP contribution in [0.1, 0.15) is 24.8 Å². The first kappa shape index (κ1) is 15.3. The number of amides is 1. The summed E-state index contributed by atoms with van der Waals surface area (Å²) in [4.78, 5) is 19.0. The zero-order chi connectivity index (χ0) is 16.5. The average molecular weight is 346 g/mol. The van der Waals surface area contributed by atoms with Gasteiger partial charge in [0.2, 0.25) is 6.79 Å². The number of aromatic nitrogens is 1. The molecule has 1 fully saturated rings. The molecule has 126 valence electrons. The van der Waals surface area contributed by atoms with Crippen molar-refractivity contribution in [2.75, 3.05) is 6.79 Å².